The summed E-state index contributed by atoms with van der Waals surface area (Å²) in [5.74, 6) is 12.6. The highest BCUT2D eigenvalue weighted by Crippen LogP contribution is 2.25. The molecule has 10 heteroatoms. The number of phenolic OH excluding ortho intramolecular Hbond substituents is 2. The number of halogens is 2. The van der Waals surface area contributed by atoms with Crippen molar-refractivity contribution >= 4 is 31.9 Å². The molecule has 0 aliphatic heterocycles. The Morgan fingerprint density at radius 2 is 1.08 bits per heavy atom. The SMILES string of the molecule is N/C(=C\N(N)CCc1ccc(O)c(Br)c1)CCCCCC/C(N)=C/N(N)CCc1ccc(O)c(Br)c1. The summed E-state index contributed by atoms with van der Waals surface area (Å²) in [6.45, 7) is 1.27. The van der Waals surface area contributed by atoms with E-state index in [0.717, 1.165) is 73.9 Å². The van der Waals surface area contributed by atoms with Gasteiger partial charge in [0.25, 0.3) is 0 Å². The number of rotatable bonds is 15. The summed E-state index contributed by atoms with van der Waals surface area (Å²) in [5.41, 5.74) is 16.0. The van der Waals surface area contributed by atoms with E-state index in [1.54, 1.807) is 34.6 Å². The van der Waals surface area contributed by atoms with Crippen LogP contribution >= 0.6 is 31.9 Å². The number of nitrogens with zero attached hydrogens (tertiary/aromatic N) is 2. The largest absolute Gasteiger partial charge is 0.507 e. The molecule has 0 radical (unpaired) electrons. The highest BCUT2D eigenvalue weighted by molar-refractivity contribution is 9.10. The van der Waals surface area contributed by atoms with E-state index in [-0.39, 0.29) is 11.5 Å². The highest BCUT2D eigenvalue weighted by Gasteiger charge is 2.04. The Balaban J connectivity index is 1.57. The van der Waals surface area contributed by atoms with E-state index in [9.17, 15) is 10.2 Å². The molecule has 0 atom stereocenters. The molecule has 10 N–H and O–H groups in total. The van der Waals surface area contributed by atoms with E-state index in [1.165, 1.54) is 0 Å². The molecule has 2 aromatic rings. The van der Waals surface area contributed by atoms with E-state index in [1.807, 2.05) is 24.3 Å². The van der Waals surface area contributed by atoms with E-state index < -0.39 is 0 Å². The molecular weight excluding hydrogens is 588 g/mol. The fraction of sp³-hybridized carbons (Fsp3) is 0.385. The molecule has 2 aromatic carbocycles. The number of allylic oxidation sites excluding steroid dienone is 2. The topological polar surface area (TPSA) is 151 Å². The second kappa shape index (κ2) is 15.7. The maximum Gasteiger partial charge on any atom is 0.129 e. The Labute approximate surface area is 230 Å². The van der Waals surface area contributed by atoms with Gasteiger partial charge in [0.1, 0.15) is 11.5 Å². The van der Waals surface area contributed by atoms with Crippen molar-refractivity contribution in [2.24, 2.45) is 23.2 Å². The smallest absolute Gasteiger partial charge is 0.129 e. The normalized spacial score (nSPS) is 12.1. The van der Waals surface area contributed by atoms with Crippen LogP contribution in [0.15, 0.2) is 69.1 Å². The minimum Gasteiger partial charge on any atom is -0.507 e. The molecule has 8 nitrogen and oxygen atoms in total. The number of phenols is 2. The van der Waals surface area contributed by atoms with Crippen LogP contribution in [0.1, 0.15) is 49.7 Å². The lowest BCUT2D eigenvalue weighted by atomic mass is 10.1. The monoisotopic (exact) mass is 624 g/mol. The number of hydrazine groups is 2. The van der Waals surface area contributed by atoms with Crippen LogP contribution in [0.3, 0.4) is 0 Å². The minimum absolute atomic E-state index is 0.225. The van der Waals surface area contributed by atoms with Gasteiger partial charge in [0.2, 0.25) is 0 Å². The summed E-state index contributed by atoms with van der Waals surface area (Å²) in [6, 6.07) is 10.9. The van der Waals surface area contributed by atoms with E-state index in [0.29, 0.717) is 22.0 Å². The van der Waals surface area contributed by atoms with Crippen LogP contribution in [0.2, 0.25) is 0 Å². The third kappa shape index (κ3) is 11.6. The van der Waals surface area contributed by atoms with Crippen molar-refractivity contribution in [3.05, 3.63) is 80.3 Å². The molecule has 0 heterocycles. The first-order valence-electron chi connectivity index (χ1n) is 12.0. The molecule has 36 heavy (non-hydrogen) atoms. The van der Waals surface area contributed by atoms with Gasteiger partial charge in [-0.1, -0.05) is 25.0 Å². The van der Waals surface area contributed by atoms with Gasteiger partial charge in [-0.25, -0.2) is 11.7 Å². The van der Waals surface area contributed by atoms with Crippen molar-refractivity contribution in [3.63, 3.8) is 0 Å². The maximum absolute atomic E-state index is 9.58. The molecule has 0 fully saturated rings. The fourth-order valence-corrected chi connectivity index (χ4v) is 4.48. The lowest BCUT2D eigenvalue weighted by Crippen LogP contribution is -2.28. The summed E-state index contributed by atoms with van der Waals surface area (Å²) in [7, 11) is 0. The number of benzene rings is 2. The quantitative estimate of drug-likeness (QED) is 0.0947. The van der Waals surface area contributed by atoms with Crippen LogP contribution < -0.4 is 23.2 Å². The highest BCUT2D eigenvalue weighted by atomic mass is 79.9. The number of unbranched alkanes of at least 4 members (excludes halogenated alkanes) is 3. The third-order valence-electron chi connectivity index (χ3n) is 5.69. The summed E-state index contributed by atoms with van der Waals surface area (Å²) in [4.78, 5) is 0. The average molecular weight is 626 g/mol. The van der Waals surface area contributed by atoms with E-state index in [2.05, 4.69) is 31.9 Å². The Morgan fingerprint density at radius 3 is 1.44 bits per heavy atom. The average Bonchev–Trinajstić information content (AvgIpc) is 2.82. The van der Waals surface area contributed by atoms with E-state index in [4.69, 9.17) is 23.2 Å². The molecule has 0 saturated carbocycles. The van der Waals surface area contributed by atoms with Gasteiger partial charge in [-0.2, -0.15) is 0 Å². The molecular formula is C26H38Br2N6O2. The van der Waals surface area contributed by atoms with Gasteiger partial charge in [-0.3, -0.25) is 0 Å². The zero-order chi connectivity index (χ0) is 26.5. The zero-order valence-corrected chi connectivity index (χ0v) is 23.7. The predicted octanol–water partition coefficient (Wildman–Crippen LogP) is 4.70. The van der Waals surface area contributed by atoms with Gasteiger partial charge in [-0.05, 0) is 106 Å². The van der Waals surface area contributed by atoms with Crippen LogP contribution in [-0.4, -0.2) is 33.3 Å². The number of aromatic hydroxyl groups is 2. The Bertz CT molecular complexity index is 950. The van der Waals surface area contributed by atoms with Crippen molar-refractivity contribution in [1.82, 2.24) is 10.0 Å². The predicted molar refractivity (Wildman–Crippen MR) is 153 cm³/mol. The van der Waals surface area contributed by atoms with Crippen molar-refractivity contribution in [3.8, 4) is 11.5 Å². The maximum atomic E-state index is 9.58. The standard InChI is InChI=1S/C26H38Br2N6O2/c27-23-15-19(7-9-25(23)35)11-13-33(31)17-21(29)5-3-1-2-4-6-22(30)18-34(32)14-12-20-8-10-26(36)24(28)16-20/h7-10,15-18,35-36H,1-6,11-14,29-32H2/b21-17-,22-18-. The van der Waals surface area contributed by atoms with Gasteiger partial charge >= 0.3 is 0 Å². The molecule has 0 aliphatic carbocycles. The number of hydrogen-bond acceptors (Lipinski definition) is 8. The molecule has 0 bridgehead atoms. The minimum atomic E-state index is 0.225. The molecule has 0 aliphatic rings. The van der Waals surface area contributed by atoms with E-state index >= 15 is 0 Å². The van der Waals surface area contributed by atoms with Gasteiger partial charge in [-0.15, -0.1) is 0 Å². The molecule has 2 rings (SSSR count). The second-order valence-corrected chi connectivity index (χ2v) is 10.6. The molecule has 0 aromatic heterocycles. The third-order valence-corrected chi connectivity index (χ3v) is 6.96. The summed E-state index contributed by atoms with van der Waals surface area (Å²) in [6.07, 6.45) is 10.8. The molecule has 0 unspecified atom stereocenters. The van der Waals surface area contributed by atoms with Crippen LogP contribution in [-0.2, 0) is 12.8 Å². The second-order valence-electron chi connectivity index (χ2n) is 8.87. The number of hydrogen-bond donors (Lipinski definition) is 6. The first-order valence-corrected chi connectivity index (χ1v) is 13.6. The summed E-state index contributed by atoms with van der Waals surface area (Å²) in [5, 5.41) is 22.4. The summed E-state index contributed by atoms with van der Waals surface area (Å²) < 4.78 is 1.35. The number of nitrogens with two attached hydrogens (primary N) is 4. The van der Waals surface area contributed by atoms with Crippen molar-refractivity contribution in [2.75, 3.05) is 13.1 Å². The first kappa shape index (κ1) is 29.8. The zero-order valence-electron chi connectivity index (χ0n) is 20.5. The molecule has 0 amide bonds. The van der Waals surface area contributed by atoms with Gasteiger partial charge in [0.05, 0.1) is 8.95 Å². The van der Waals surface area contributed by atoms with Gasteiger partial charge < -0.3 is 31.7 Å². The Kier molecular flexibility index (Phi) is 13.0. The van der Waals surface area contributed by atoms with Crippen molar-refractivity contribution < 1.29 is 10.2 Å². The lowest BCUT2D eigenvalue weighted by molar-refractivity contribution is 0.392. The van der Waals surface area contributed by atoms with Gasteiger partial charge in [0.15, 0.2) is 0 Å². The van der Waals surface area contributed by atoms with Crippen LogP contribution in [0.4, 0.5) is 0 Å². The Hall–Kier alpha value is -2.40. The molecule has 0 spiro atoms. The lowest BCUT2D eigenvalue weighted by Gasteiger charge is -2.16. The first-order chi connectivity index (χ1) is 17.1. The molecule has 198 valence electrons. The molecule has 0 saturated heterocycles. The van der Waals surface area contributed by atoms with Crippen molar-refractivity contribution in [1.29, 1.82) is 0 Å². The van der Waals surface area contributed by atoms with Crippen molar-refractivity contribution in [2.45, 2.75) is 51.4 Å². The van der Waals surface area contributed by atoms with Crippen LogP contribution in [0.5, 0.6) is 11.5 Å². The van der Waals surface area contributed by atoms with Gasteiger partial charge in [0, 0.05) is 36.9 Å². The summed E-state index contributed by atoms with van der Waals surface area (Å²) >= 11 is 6.65. The fourth-order valence-electron chi connectivity index (χ4n) is 3.62. The van der Waals surface area contributed by atoms with Crippen LogP contribution in [0.25, 0.3) is 0 Å². The van der Waals surface area contributed by atoms with Crippen LogP contribution in [0, 0.1) is 0 Å². The Morgan fingerprint density at radius 1 is 0.694 bits per heavy atom.